The van der Waals surface area contributed by atoms with Crippen molar-refractivity contribution in [2.75, 3.05) is 34.5 Å². The lowest BCUT2D eigenvalue weighted by Crippen LogP contribution is -2.59. The van der Waals surface area contributed by atoms with E-state index in [9.17, 15) is 30.6 Å². The van der Waals surface area contributed by atoms with Crippen molar-refractivity contribution in [3.63, 3.8) is 0 Å². The molecule has 214 valence electrons. The van der Waals surface area contributed by atoms with Crippen molar-refractivity contribution < 1.29 is 58.7 Å². The van der Waals surface area contributed by atoms with Gasteiger partial charge in [-0.25, -0.2) is 0 Å². The van der Waals surface area contributed by atoms with Gasteiger partial charge in [0.15, 0.2) is 29.1 Å². The zero-order chi connectivity index (χ0) is 28.3. The van der Waals surface area contributed by atoms with Crippen molar-refractivity contribution in [1.82, 2.24) is 0 Å². The molecule has 3 aromatic rings. The van der Waals surface area contributed by atoms with Crippen LogP contribution >= 0.6 is 0 Å². The molecule has 0 aliphatic carbocycles. The SMILES string of the molecule is COc1cc(-c2oc3c(OC)cc(CCCO)cc3c2COC2OC(CO)C(O)C(O)C2O)cc(OC)c1O. The molecular formula is C27H34O12. The molecule has 5 unspecified atom stereocenters. The monoisotopic (exact) mass is 550 g/mol. The minimum Gasteiger partial charge on any atom is -0.502 e. The lowest BCUT2D eigenvalue weighted by Gasteiger charge is -2.39. The van der Waals surface area contributed by atoms with E-state index in [4.69, 9.17) is 28.1 Å². The second-order valence-electron chi connectivity index (χ2n) is 9.15. The zero-order valence-electron chi connectivity index (χ0n) is 21.9. The highest BCUT2D eigenvalue weighted by atomic mass is 16.7. The van der Waals surface area contributed by atoms with Gasteiger partial charge in [-0.3, -0.25) is 0 Å². The summed E-state index contributed by atoms with van der Waals surface area (Å²) in [5.74, 6) is 0.854. The number of rotatable bonds is 11. The average molecular weight is 551 g/mol. The molecule has 12 heteroatoms. The predicted molar refractivity (Wildman–Crippen MR) is 137 cm³/mol. The molecule has 1 aromatic heterocycles. The van der Waals surface area contributed by atoms with Crippen molar-refractivity contribution >= 4 is 11.0 Å². The first-order valence-corrected chi connectivity index (χ1v) is 12.4. The maximum absolute atomic E-state index is 10.5. The number of methoxy groups -OCH3 is 3. The Morgan fingerprint density at radius 1 is 0.846 bits per heavy atom. The molecule has 12 nitrogen and oxygen atoms in total. The minimum absolute atomic E-state index is 0.0111. The largest absolute Gasteiger partial charge is 0.502 e. The molecule has 1 fully saturated rings. The van der Waals surface area contributed by atoms with Crippen LogP contribution in [-0.2, 0) is 22.5 Å². The molecule has 5 atom stereocenters. The van der Waals surface area contributed by atoms with E-state index in [1.54, 1.807) is 12.1 Å². The summed E-state index contributed by atoms with van der Waals surface area (Å²) < 4.78 is 33.9. The third-order valence-corrected chi connectivity index (χ3v) is 6.74. The molecule has 1 aliphatic rings. The summed E-state index contributed by atoms with van der Waals surface area (Å²) in [6.45, 7) is -0.774. The van der Waals surface area contributed by atoms with Gasteiger partial charge in [-0.1, -0.05) is 0 Å². The Hall–Kier alpha value is -3.10. The summed E-state index contributed by atoms with van der Waals surface area (Å²) in [5.41, 5.74) is 2.26. The third kappa shape index (κ3) is 5.63. The van der Waals surface area contributed by atoms with Crippen molar-refractivity contribution in [3.8, 4) is 34.3 Å². The number of aliphatic hydroxyl groups is 5. The molecule has 0 spiro atoms. The summed E-state index contributed by atoms with van der Waals surface area (Å²) in [4.78, 5) is 0. The van der Waals surface area contributed by atoms with E-state index in [0.29, 0.717) is 46.4 Å². The highest BCUT2D eigenvalue weighted by molar-refractivity contribution is 5.92. The normalized spacial score (nSPS) is 23.2. The van der Waals surface area contributed by atoms with Gasteiger partial charge in [0.1, 0.15) is 30.2 Å². The van der Waals surface area contributed by atoms with E-state index in [1.807, 2.05) is 12.1 Å². The van der Waals surface area contributed by atoms with Crippen LogP contribution in [0.3, 0.4) is 0 Å². The van der Waals surface area contributed by atoms with Gasteiger partial charge >= 0.3 is 0 Å². The lowest BCUT2D eigenvalue weighted by molar-refractivity contribution is -0.304. The number of benzene rings is 2. The first kappa shape index (κ1) is 28.9. The molecule has 6 N–H and O–H groups in total. The zero-order valence-corrected chi connectivity index (χ0v) is 21.9. The van der Waals surface area contributed by atoms with Gasteiger partial charge in [-0.2, -0.15) is 0 Å². The highest BCUT2D eigenvalue weighted by Gasteiger charge is 2.44. The molecule has 0 radical (unpaired) electrons. The Labute approximate surface area is 224 Å². The number of phenolic OH excluding ortho intramolecular Hbond substituents is 1. The Morgan fingerprint density at radius 2 is 1.51 bits per heavy atom. The van der Waals surface area contributed by atoms with Crippen LogP contribution in [0.2, 0.25) is 0 Å². The van der Waals surface area contributed by atoms with Gasteiger partial charge in [-0.05, 0) is 42.7 Å². The average Bonchev–Trinajstić information content (AvgIpc) is 3.32. The van der Waals surface area contributed by atoms with E-state index in [1.165, 1.54) is 21.3 Å². The minimum atomic E-state index is -1.60. The molecule has 0 saturated carbocycles. The molecule has 2 aromatic carbocycles. The van der Waals surface area contributed by atoms with E-state index in [0.717, 1.165) is 5.56 Å². The highest BCUT2D eigenvalue weighted by Crippen LogP contribution is 2.45. The molecule has 4 rings (SSSR count). The van der Waals surface area contributed by atoms with Crippen LogP contribution in [0, 0.1) is 0 Å². The number of phenols is 1. The lowest BCUT2D eigenvalue weighted by atomic mass is 9.99. The van der Waals surface area contributed by atoms with Gasteiger partial charge in [0, 0.05) is 23.1 Å². The number of fused-ring (bicyclic) bond motifs is 1. The molecule has 0 bridgehead atoms. The third-order valence-electron chi connectivity index (χ3n) is 6.74. The summed E-state index contributed by atoms with van der Waals surface area (Å²) in [6.07, 6.45) is -6.12. The van der Waals surface area contributed by atoms with Gasteiger partial charge in [-0.15, -0.1) is 0 Å². The van der Waals surface area contributed by atoms with Crippen LogP contribution in [0.4, 0.5) is 0 Å². The summed E-state index contributed by atoms with van der Waals surface area (Å²) >= 11 is 0. The fourth-order valence-electron chi connectivity index (χ4n) is 4.63. The van der Waals surface area contributed by atoms with E-state index >= 15 is 0 Å². The molecule has 0 amide bonds. The maximum atomic E-state index is 10.5. The van der Waals surface area contributed by atoms with Crippen LogP contribution in [0.15, 0.2) is 28.7 Å². The van der Waals surface area contributed by atoms with Crippen LogP contribution in [0.25, 0.3) is 22.3 Å². The van der Waals surface area contributed by atoms with Crippen LogP contribution < -0.4 is 14.2 Å². The van der Waals surface area contributed by atoms with Gasteiger partial charge in [0.05, 0.1) is 34.5 Å². The van der Waals surface area contributed by atoms with Crippen molar-refractivity contribution in [3.05, 3.63) is 35.4 Å². The Bertz CT molecular complexity index is 1240. The van der Waals surface area contributed by atoms with Gasteiger partial charge < -0.3 is 58.7 Å². The van der Waals surface area contributed by atoms with E-state index in [2.05, 4.69) is 0 Å². The predicted octanol–water partition coefficient (Wildman–Crippen LogP) is 1.07. The smallest absolute Gasteiger partial charge is 0.200 e. The van der Waals surface area contributed by atoms with Crippen LogP contribution in [-0.4, -0.2) is 95.9 Å². The fourth-order valence-corrected chi connectivity index (χ4v) is 4.63. The number of aliphatic hydroxyl groups excluding tert-OH is 5. The quantitative estimate of drug-likeness (QED) is 0.200. The molecule has 39 heavy (non-hydrogen) atoms. The fraction of sp³-hybridized carbons (Fsp3) is 0.481. The van der Waals surface area contributed by atoms with Crippen molar-refractivity contribution in [2.45, 2.75) is 50.2 Å². The Balaban J connectivity index is 1.83. The summed E-state index contributed by atoms with van der Waals surface area (Å²) in [5, 5.41) is 60.6. The van der Waals surface area contributed by atoms with Gasteiger partial charge in [0.25, 0.3) is 0 Å². The van der Waals surface area contributed by atoms with Crippen LogP contribution in [0.1, 0.15) is 17.5 Å². The number of aromatic hydroxyl groups is 1. The maximum Gasteiger partial charge on any atom is 0.200 e. The van der Waals surface area contributed by atoms with Gasteiger partial charge in [0.2, 0.25) is 5.75 Å². The number of ether oxygens (including phenoxy) is 5. The number of hydrogen-bond donors (Lipinski definition) is 6. The van der Waals surface area contributed by atoms with Crippen molar-refractivity contribution in [2.24, 2.45) is 0 Å². The number of aryl methyl sites for hydroxylation is 1. The Morgan fingerprint density at radius 3 is 2.10 bits per heavy atom. The number of furan rings is 1. The summed E-state index contributed by atoms with van der Waals surface area (Å²) in [6, 6.07) is 6.81. The van der Waals surface area contributed by atoms with E-state index in [-0.39, 0.29) is 30.5 Å². The second-order valence-corrected chi connectivity index (χ2v) is 9.15. The standard InChI is InChI=1S/C27H34O12/c1-34-17-9-14(10-18(35-2)21(17)30)25-16(12-37-27-24(33)23(32)22(31)20(11-29)38-27)15-7-13(5-4-6-28)8-19(36-3)26(15)39-25/h7-10,20,22-24,27-33H,4-6,11-12H2,1-3H3. The summed E-state index contributed by atoms with van der Waals surface area (Å²) in [7, 11) is 4.30. The molecule has 1 aliphatic heterocycles. The van der Waals surface area contributed by atoms with E-state index < -0.39 is 37.3 Å². The van der Waals surface area contributed by atoms with Crippen LogP contribution in [0.5, 0.6) is 23.0 Å². The topological polar surface area (TPSA) is 181 Å². The number of hydrogen-bond acceptors (Lipinski definition) is 12. The molecular weight excluding hydrogens is 516 g/mol. The first-order valence-electron chi connectivity index (χ1n) is 12.4. The molecule has 2 heterocycles. The van der Waals surface area contributed by atoms with Crippen molar-refractivity contribution in [1.29, 1.82) is 0 Å². The second kappa shape index (κ2) is 12.4. The Kier molecular flexibility index (Phi) is 9.18. The molecule has 1 saturated heterocycles. The first-order chi connectivity index (χ1) is 18.8.